The maximum Gasteiger partial charge on any atom is 0.349 e. The van der Waals surface area contributed by atoms with Gasteiger partial charge in [-0.1, -0.05) is 0 Å². The number of nitrogens with zero attached hydrogens (tertiary/aromatic N) is 2. The van der Waals surface area contributed by atoms with E-state index in [1.807, 2.05) is 4.72 Å². The molecule has 2 amide bonds. The zero-order valence-electron chi connectivity index (χ0n) is 13.9. The summed E-state index contributed by atoms with van der Waals surface area (Å²) in [4.78, 5) is 31.3. The Morgan fingerprint density at radius 3 is 2.32 bits per heavy atom. The van der Waals surface area contributed by atoms with Crippen LogP contribution in [0.15, 0.2) is 16.3 Å². The highest BCUT2D eigenvalue weighted by molar-refractivity contribution is 7.90. The summed E-state index contributed by atoms with van der Waals surface area (Å²) in [5, 5.41) is 3.75. The van der Waals surface area contributed by atoms with E-state index in [2.05, 4.69) is 20.0 Å². The molecule has 0 bridgehead atoms. The number of carbonyl (C=O) groups excluding carboxylic acids is 2. The van der Waals surface area contributed by atoms with Gasteiger partial charge in [0, 0.05) is 11.4 Å². The Balaban J connectivity index is 2.25. The molecule has 0 aliphatic carbocycles. The van der Waals surface area contributed by atoms with Crippen LogP contribution in [-0.4, -0.2) is 37.5 Å². The zero-order chi connectivity index (χ0) is 18.8. The molecule has 0 atom stereocenters. The number of anilines is 1. The summed E-state index contributed by atoms with van der Waals surface area (Å²) >= 11 is 0.921. The van der Waals surface area contributed by atoms with Gasteiger partial charge in [-0.15, -0.1) is 11.3 Å². The van der Waals surface area contributed by atoms with Crippen LogP contribution in [0.5, 0.6) is 0 Å². The van der Waals surface area contributed by atoms with E-state index in [0.29, 0.717) is 17.0 Å². The van der Waals surface area contributed by atoms with Gasteiger partial charge >= 0.3 is 12.0 Å². The molecule has 0 saturated heterocycles. The predicted molar refractivity (Wildman–Crippen MR) is 91.2 cm³/mol. The molecular weight excluding hydrogens is 368 g/mol. The lowest BCUT2D eigenvalue weighted by atomic mass is 10.3. The van der Waals surface area contributed by atoms with Gasteiger partial charge in [-0.25, -0.2) is 32.7 Å². The molecule has 0 spiro atoms. The van der Waals surface area contributed by atoms with Crippen molar-refractivity contribution in [2.45, 2.75) is 25.7 Å². The number of aryl methyl sites for hydroxylation is 3. The van der Waals surface area contributed by atoms with E-state index < -0.39 is 22.0 Å². The molecule has 0 aliphatic heterocycles. The molecule has 134 valence electrons. The van der Waals surface area contributed by atoms with Gasteiger partial charge in [-0.3, -0.25) is 5.32 Å². The molecule has 0 unspecified atom stereocenters. The van der Waals surface area contributed by atoms with Crippen molar-refractivity contribution < 1.29 is 22.7 Å². The summed E-state index contributed by atoms with van der Waals surface area (Å²) < 4.78 is 31.4. The standard InChI is InChI=1S/C14H16N4O5S2/c1-7-6-24-10(12(19)23-4)11(7)25(21,22)18-14(20)17-13-15-8(2)5-9(3)16-13/h5-6H,1-4H3,(H2,15,16,17,18,20). The van der Waals surface area contributed by atoms with Crippen LogP contribution in [0.4, 0.5) is 10.7 Å². The van der Waals surface area contributed by atoms with Gasteiger partial charge in [-0.05, 0) is 37.8 Å². The van der Waals surface area contributed by atoms with E-state index in [9.17, 15) is 18.0 Å². The molecule has 0 aromatic carbocycles. The van der Waals surface area contributed by atoms with Crippen LogP contribution in [0, 0.1) is 20.8 Å². The quantitative estimate of drug-likeness (QED) is 0.769. The van der Waals surface area contributed by atoms with Crippen LogP contribution in [0.3, 0.4) is 0 Å². The summed E-state index contributed by atoms with van der Waals surface area (Å²) in [7, 11) is -3.14. The maximum atomic E-state index is 12.5. The minimum atomic E-state index is -4.28. The summed E-state index contributed by atoms with van der Waals surface area (Å²) in [6.45, 7) is 4.94. The van der Waals surface area contributed by atoms with Crippen LogP contribution in [0.25, 0.3) is 0 Å². The summed E-state index contributed by atoms with van der Waals surface area (Å²) in [6, 6.07) is 0.670. The number of carbonyl (C=O) groups is 2. The van der Waals surface area contributed by atoms with E-state index in [1.54, 1.807) is 19.9 Å². The number of aromatic nitrogens is 2. The van der Waals surface area contributed by atoms with Crippen LogP contribution >= 0.6 is 11.3 Å². The van der Waals surface area contributed by atoms with Crippen molar-refractivity contribution in [3.8, 4) is 0 Å². The third-order valence-corrected chi connectivity index (χ3v) is 5.72. The second-order valence-electron chi connectivity index (χ2n) is 5.10. The molecule has 0 aliphatic rings. The molecule has 2 N–H and O–H groups in total. The van der Waals surface area contributed by atoms with E-state index in [-0.39, 0.29) is 15.7 Å². The molecule has 2 aromatic rings. The van der Waals surface area contributed by atoms with Crippen molar-refractivity contribution in [3.63, 3.8) is 0 Å². The van der Waals surface area contributed by atoms with Gasteiger partial charge in [0.05, 0.1) is 7.11 Å². The fourth-order valence-electron chi connectivity index (χ4n) is 2.08. The molecule has 2 heterocycles. The second-order valence-corrected chi connectivity index (χ2v) is 7.60. The minimum absolute atomic E-state index is 0.0274. The van der Waals surface area contributed by atoms with Gasteiger partial charge in [0.2, 0.25) is 5.95 Å². The third kappa shape index (κ3) is 4.31. The number of amides is 2. The Labute approximate surface area is 148 Å². The number of rotatable bonds is 4. The van der Waals surface area contributed by atoms with Crippen molar-refractivity contribution in [2.24, 2.45) is 0 Å². The highest BCUT2D eigenvalue weighted by Gasteiger charge is 2.29. The number of sulfonamides is 1. The highest BCUT2D eigenvalue weighted by Crippen LogP contribution is 2.27. The van der Waals surface area contributed by atoms with Gasteiger partial charge in [0.25, 0.3) is 10.0 Å². The molecule has 0 saturated carbocycles. The van der Waals surface area contributed by atoms with Crippen molar-refractivity contribution in [3.05, 3.63) is 33.3 Å². The number of nitrogens with one attached hydrogen (secondary N) is 2. The number of hydrogen-bond acceptors (Lipinski definition) is 8. The topological polar surface area (TPSA) is 127 Å². The van der Waals surface area contributed by atoms with E-state index in [1.165, 1.54) is 12.3 Å². The zero-order valence-corrected chi connectivity index (χ0v) is 15.5. The number of urea groups is 1. The fourth-order valence-corrected chi connectivity index (χ4v) is 4.70. The first-order chi connectivity index (χ1) is 11.6. The van der Waals surface area contributed by atoms with E-state index in [0.717, 1.165) is 18.4 Å². The van der Waals surface area contributed by atoms with E-state index in [4.69, 9.17) is 0 Å². The van der Waals surface area contributed by atoms with Crippen molar-refractivity contribution in [1.29, 1.82) is 0 Å². The first-order valence-corrected chi connectivity index (χ1v) is 9.33. The Kier molecular flexibility index (Phi) is 5.38. The number of thiophene rings is 1. The normalized spacial score (nSPS) is 11.0. The minimum Gasteiger partial charge on any atom is -0.465 e. The lowest BCUT2D eigenvalue weighted by Crippen LogP contribution is -2.35. The van der Waals surface area contributed by atoms with Crippen molar-refractivity contribution in [1.82, 2.24) is 14.7 Å². The Bertz CT molecular complexity index is 916. The van der Waals surface area contributed by atoms with Gasteiger partial charge in [0.15, 0.2) is 0 Å². The number of hydrogen-bond donors (Lipinski definition) is 2. The molecular formula is C14H16N4O5S2. The lowest BCUT2D eigenvalue weighted by molar-refractivity contribution is 0.0602. The smallest absolute Gasteiger partial charge is 0.349 e. The first kappa shape index (κ1) is 18.8. The molecule has 0 fully saturated rings. The third-order valence-electron chi connectivity index (χ3n) is 2.99. The second kappa shape index (κ2) is 7.15. The van der Waals surface area contributed by atoms with Gasteiger partial charge in [0.1, 0.15) is 9.77 Å². The van der Waals surface area contributed by atoms with E-state index >= 15 is 0 Å². The summed E-state index contributed by atoms with van der Waals surface area (Å²) in [5.74, 6) is -0.822. The van der Waals surface area contributed by atoms with Crippen LogP contribution in [0.2, 0.25) is 0 Å². The molecule has 11 heteroatoms. The molecule has 2 rings (SSSR count). The Morgan fingerprint density at radius 2 is 1.76 bits per heavy atom. The van der Waals surface area contributed by atoms with Crippen molar-refractivity contribution in [2.75, 3.05) is 12.4 Å². The largest absolute Gasteiger partial charge is 0.465 e. The number of esters is 1. The molecule has 25 heavy (non-hydrogen) atoms. The van der Waals surface area contributed by atoms with Crippen molar-refractivity contribution >= 4 is 39.3 Å². The van der Waals surface area contributed by atoms with Crippen LogP contribution in [-0.2, 0) is 14.8 Å². The van der Waals surface area contributed by atoms with Crippen LogP contribution < -0.4 is 10.0 Å². The number of ether oxygens (including phenoxy) is 1. The molecule has 2 aromatic heterocycles. The van der Waals surface area contributed by atoms with Crippen LogP contribution in [0.1, 0.15) is 26.6 Å². The average molecular weight is 384 g/mol. The summed E-state index contributed by atoms with van der Waals surface area (Å²) in [5.41, 5.74) is 1.56. The Hall–Kier alpha value is -2.53. The van der Waals surface area contributed by atoms with Gasteiger partial charge in [-0.2, -0.15) is 0 Å². The molecule has 9 nitrogen and oxygen atoms in total. The Morgan fingerprint density at radius 1 is 1.16 bits per heavy atom. The maximum absolute atomic E-state index is 12.5. The summed E-state index contributed by atoms with van der Waals surface area (Å²) in [6.07, 6.45) is 0. The lowest BCUT2D eigenvalue weighted by Gasteiger charge is -2.09. The highest BCUT2D eigenvalue weighted by atomic mass is 32.2. The first-order valence-electron chi connectivity index (χ1n) is 6.96. The predicted octanol–water partition coefficient (Wildman–Crippen LogP) is 1.76. The SMILES string of the molecule is COC(=O)c1scc(C)c1S(=O)(=O)NC(=O)Nc1nc(C)cc(C)n1. The number of methoxy groups -OCH3 is 1. The fraction of sp³-hybridized carbons (Fsp3) is 0.286. The average Bonchev–Trinajstić information content (AvgIpc) is 2.87. The monoisotopic (exact) mass is 384 g/mol. The molecule has 0 radical (unpaired) electrons. The van der Waals surface area contributed by atoms with Gasteiger partial charge < -0.3 is 4.74 Å².